The molecule has 2 N–H and O–H groups in total. The molecule has 1 unspecified atom stereocenters. The van der Waals surface area contributed by atoms with Gasteiger partial charge in [0.25, 0.3) is 0 Å². The van der Waals surface area contributed by atoms with Gasteiger partial charge in [0.15, 0.2) is 17.6 Å². The van der Waals surface area contributed by atoms with Crippen LogP contribution < -0.4 is 10.1 Å². The molecule has 1 aromatic rings. The second-order valence-electron chi connectivity index (χ2n) is 3.79. The summed E-state index contributed by atoms with van der Waals surface area (Å²) in [5.41, 5.74) is 0.402. The van der Waals surface area contributed by atoms with Crippen molar-refractivity contribution in [3.63, 3.8) is 0 Å². The zero-order chi connectivity index (χ0) is 13.7. The standard InChI is InChI=1S/C12H14FNO4/c1-7-4-3-5-10(11(7)13)18-6-9(12(16)17)14-8(2)15/h3-5,9H,6H2,1-2H3,(H,14,15)(H,16,17). The van der Waals surface area contributed by atoms with Gasteiger partial charge in [-0.2, -0.15) is 0 Å². The van der Waals surface area contributed by atoms with E-state index in [1.54, 1.807) is 19.1 Å². The van der Waals surface area contributed by atoms with Crippen LogP contribution in [-0.2, 0) is 9.59 Å². The number of amides is 1. The number of rotatable bonds is 5. The van der Waals surface area contributed by atoms with Gasteiger partial charge >= 0.3 is 5.97 Å². The van der Waals surface area contributed by atoms with E-state index in [9.17, 15) is 14.0 Å². The number of aryl methyl sites for hydroxylation is 1. The lowest BCUT2D eigenvalue weighted by molar-refractivity contribution is -0.142. The molecule has 0 heterocycles. The molecule has 1 amide bonds. The van der Waals surface area contributed by atoms with Crippen LogP contribution in [0.2, 0.25) is 0 Å². The Balaban J connectivity index is 2.70. The lowest BCUT2D eigenvalue weighted by Gasteiger charge is -2.15. The molecule has 0 aromatic heterocycles. The Hall–Kier alpha value is -2.11. The highest BCUT2D eigenvalue weighted by molar-refractivity contribution is 5.82. The van der Waals surface area contributed by atoms with Crippen molar-refractivity contribution < 1.29 is 23.8 Å². The van der Waals surface area contributed by atoms with Gasteiger partial charge in [0.05, 0.1) is 0 Å². The van der Waals surface area contributed by atoms with E-state index in [2.05, 4.69) is 5.32 Å². The van der Waals surface area contributed by atoms with Crippen LogP contribution in [0.1, 0.15) is 12.5 Å². The van der Waals surface area contributed by atoms with Crippen molar-refractivity contribution in [1.82, 2.24) is 5.32 Å². The molecule has 5 nitrogen and oxygen atoms in total. The number of carboxylic acids is 1. The quantitative estimate of drug-likeness (QED) is 0.826. The summed E-state index contributed by atoms with van der Waals surface area (Å²) in [5, 5.41) is 11.0. The van der Waals surface area contributed by atoms with Crippen molar-refractivity contribution >= 4 is 11.9 Å². The summed E-state index contributed by atoms with van der Waals surface area (Å²) in [6.07, 6.45) is 0. The number of hydrogen-bond donors (Lipinski definition) is 2. The lowest BCUT2D eigenvalue weighted by atomic mass is 10.2. The Labute approximate surface area is 104 Å². The average molecular weight is 255 g/mol. The highest BCUT2D eigenvalue weighted by Gasteiger charge is 2.20. The number of carbonyl (C=O) groups excluding carboxylic acids is 1. The van der Waals surface area contributed by atoms with Gasteiger partial charge in [0, 0.05) is 6.92 Å². The normalized spacial score (nSPS) is 11.7. The summed E-state index contributed by atoms with van der Waals surface area (Å²) < 4.78 is 18.6. The number of aliphatic carboxylic acids is 1. The van der Waals surface area contributed by atoms with Gasteiger partial charge in [-0.1, -0.05) is 12.1 Å². The van der Waals surface area contributed by atoms with E-state index in [4.69, 9.17) is 9.84 Å². The fraction of sp³-hybridized carbons (Fsp3) is 0.333. The van der Waals surface area contributed by atoms with E-state index in [1.165, 1.54) is 13.0 Å². The zero-order valence-corrected chi connectivity index (χ0v) is 10.1. The Bertz CT molecular complexity index is 461. The molecule has 6 heteroatoms. The minimum Gasteiger partial charge on any atom is -0.488 e. The SMILES string of the molecule is CC(=O)NC(COc1cccc(C)c1F)C(=O)O. The molecule has 0 fully saturated rings. The van der Waals surface area contributed by atoms with Crippen LogP contribution in [0.4, 0.5) is 4.39 Å². The number of carbonyl (C=O) groups is 2. The van der Waals surface area contributed by atoms with Gasteiger partial charge in [0.2, 0.25) is 5.91 Å². The van der Waals surface area contributed by atoms with Gasteiger partial charge in [-0.25, -0.2) is 9.18 Å². The molecule has 0 spiro atoms. The maximum atomic E-state index is 13.6. The third-order valence-electron chi connectivity index (χ3n) is 2.24. The summed E-state index contributed by atoms with van der Waals surface area (Å²) in [7, 11) is 0. The molecule has 0 saturated heterocycles. The molecule has 1 rings (SSSR count). The first kappa shape index (κ1) is 14.0. The zero-order valence-electron chi connectivity index (χ0n) is 10.1. The summed E-state index contributed by atoms with van der Waals surface area (Å²) in [4.78, 5) is 21.6. The first-order valence-corrected chi connectivity index (χ1v) is 5.29. The Morgan fingerprint density at radius 1 is 1.50 bits per heavy atom. The largest absolute Gasteiger partial charge is 0.488 e. The predicted octanol–water partition coefficient (Wildman–Crippen LogP) is 1.10. The second kappa shape index (κ2) is 6.00. The van der Waals surface area contributed by atoms with Crippen LogP contribution in [-0.4, -0.2) is 29.6 Å². The number of benzene rings is 1. The van der Waals surface area contributed by atoms with Gasteiger partial charge in [0.1, 0.15) is 6.61 Å². The van der Waals surface area contributed by atoms with Crippen molar-refractivity contribution in [2.45, 2.75) is 19.9 Å². The van der Waals surface area contributed by atoms with Crippen LogP contribution in [0.5, 0.6) is 5.75 Å². The van der Waals surface area contributed by atoms with E-state index in [0.717, 1.165) is 0 Å². The highest BCUT2D eigenvalue weighted by atomic mass is 19.1. The summed E-state index contributed by atoms with van der Waals surface area (Å²) in [5.74, 6) is -2.30. The van der Waals surface area contributed by atoms with Crippen LogP contribution >= 0.6 is 0 Å². The van der Waals surface area contributed by atoms with Gasteiger partial charge < -0.3 is 15.2 Å². The molecule has 0 bridgehead atoms. The third kappa shape index (κ3) is 3.73. The number of halogens is 1. The maximum absolute atomic E-state index is 13.6. The Kier molecular flexibility index (Phi) is 4.65. The minimum absolute atomic E-state index is 0.0356. The minimum atomic E-state index is -1.24. The molecule has 0 aliphatic rings. The van der Waals surface area contributed by atoms with E-state index >= 15 is 0 Å². The van der Waals surface area contributed by atoms with Gasteiger partial charge in [-0.3, -0.25) is 4.79 Å². The van der Waals surface area contributed by atoms with Crippen LogP contribution in [0.25, 0.3) is 0 Å². The lowest BCUT2D eigenvalue weighted by Crippen LogP contribution is -2.43. The topological polar surface area (TPSA) is 75.6 Å². The number of ether oxygens (including phenoxy) is 1. The fourth-order valence-electron chi connectivity index (χ4n) is 1.33. The number of carboxylic acid groups (broad SMARTS) is 1. The third-order valence-corrected chi connectivity index (χ3v) is 2.24. The van der Waals surface area contributed by atoms with Crippen molar-refractivity contribution in [2.75, 3.05) is 6.61 Å². The maximum Gasteiger partial charge on any atom is 0.329 e. The van der Waals surface area contributed by atoms with E-state index in [-0.39, 0.29) is 12.4 Å². The van der Waals surface area contributed by atoms with Crippen molar-refractivity contribution in [3.8, 4) is 5.75 Å². The van der Waals surface area contributed by atoms with Crippen molar-refractivity contribution in [1.29, 1.82) is 0 Å². The molecule has 1 aromatic carbocycles. The summed E-state index contributed by atoms with van der Waals surface area (Å²) in [6.45, 7) is 2.43. The molecule has 0 saturated carbocycles. The molecular weight excluding hydrogens is 241 g/mol. The van der Waals surface area contributed by atoms with E-state index in [1.807, 2.05) is 0 Å². The molecule has 18 heavy (non-hydrogen) atoms. The molecule has 0 aliphatic carbocycles. The molecule has 0 radical (unpaired) electrons. The molecule has 1 atom stereocenters. The molecule has 98 valence electrons. The highest BCUT2D eigenvalue weighted by Crippen LogP contribution is 2.19. The Morgan fingerprint density at radius 3 is 2.72 bits per heavy atom. The fourth-order valence-corrected chi connectivity index (χ4v) is 1.33. The summed E-state index contributed by atoms with van der Waals surface area (Å²) >= 11 is 0. The van der Waals surface area contributed by atoms with Gasteiger partial charge in [-0.15, -0.1) is 0 Å². The summed E-state index contributed by atoms with van der Waals surface area (Å²) in [6, 6.07) is 3.36. The van der Waals surface area contributed by atoms with Crippen molar-refractivity contribution in [3.05, 3.63) is 29.6 Å². The second-order valence-corrected chi connectivity index (χ2v) is 3.79. The number of hydrogen-bond acceptors (Lipinski definition) is 3. The first-order chi connectivity index (χ1) is 8.41. The number of nitrogens with one attached hydrogen (secondary N) is 1. The van der Waals surface area contributed by atoms with Crippen LogP contribution in [0.15, 0.2) is 18.2 Å². The van der Waals surface area contributed by atoms with Crippen LogP contribution in [0.3, 0.4) is 0 Å². The smallest absolute Gasteiger partial charge is 0.329 e. The van der Waals surface area contributed by atoms with Gasteiger partial charge in [-0.05, 0) is 18.6 Å². The average Bonchev–Trinajstić information content (AvgIpc) is 2.28. The monoisotopic (exact) mass is 255 g/mol. The van der Waals surface area contributed by atoms with Crippen LogP contribution in [0, 0.1) is 12.7 Å². The predicted molar refractivity (Wildman–Crippen MR) is 61.9 cm³/mol. The van der Waals surface area contributed by atoms with E-state index in [0.29, 0.717) is 5.56 Å². The molecule has 0 aliphatic heterocycles. The van der Waals surface area contributed by atoms with E-state index < -0.39 is 23.7 Å². The van der Waals surface area contributed by atoms with Crippen molar-refractivity contribution in [2.24, 2.45) is 0 Å². The Morgan fingerprint density at radius 2 is 2.17 bits per heavy atom. The molecular formula is C12H14FNO4. The first-order valence-electron chi connectivity index (χ1n) is 5.29.